The standard InChI is InChI=1S/C19H27N5S/c1-15-14-22-18(25-15)8-11-21-19(20-2)23-16-9-12-24(13-10-16)17-6-4-3-5-7-17/h3-7,14,16H,8-13H2,1-2H3,(H2,20,21,23). The summed E-state index contributed by atoms with van der Waals surface area (Å²) in [6.45, 7) is 5.11. The van der Waals surface area contributed by atoms with E-state index in [1.54, 1.807) is 11.3 Å². The predicted octanol–water partition coefficient (Wildman–Crippen LogP) is 2.83. The Labute approximate surface area is 154 Å². The van der Waals surface area contributed by atoms with Gasteiger partial charge in [0, 0.05) is 55.9 Å². The van der Waals surface area contributed by atoms with E-state index in [9.17, 15) is 0 Å². The Bertz CT molecular complexity index is 674. The Morgan fingerprint density at radius 2 is 2.04 bits per heavy atom. The maximum absolute atomic E-state index is 4.40. The number of rotatable bonds is 5. The number of hydrogen-bond acceptors (Lipinski definition) is 4. The molecule has 1 aliphatic heterocycles. The molecule has 0 aliphatic carbocycles. The van der Waals surface area contributed by atoms with Gasteiger partial charge in [0.15, 0.2) is 5.96 Å². The molecule has 0 unspecified atom stereocenters. The van der Waals surface area contributed by atoms with Crippen LogP contribution in [0.3, 0.4) is 0 Å². The number of guanidine groups is 1. The van der Waals surface area contributed by atoms with Crippen molar-refractivity contribution < 1.29 is 0 Å². The van der Waals surface area contributed by atoms with Gasteiger partial charge in [-0.1, -0.05) is 18.2 Å². The van der Waals surface area contributed by atoms with Gasteiger partial charge in [-0.25, -0.2) is 4.98 Å². The van der Waals surface area contributed by atoms with Crippen LogP contribution >= 0.6 is 11.3 Å². The van der Waals surface area contributed by atoms with E-state index in [0.717, 1.165) is 44.9 Å². The van der Waals surface area contributed by atoms with Gasteiger partial charge in [0.2, 0.25) is 0 Å². The first-order chi connectivity index (χ1) is 12.2. The molecule has 1 aromatic carbocycles. The summed E-state index contributed by atoms with van der Waals surface area (Å²) in [6, 6.07) is 11.1. The van der Waals surface area contributed by atoms with Gasteiger partial charge in [-0.05, 0) is 31.9 Å². The largest absolute Gasteiger partial charge is 0.371 e. The number of nitrogens with one attached hydrogen (secondary N) is 2. The lowest BCUT2D eigenvalue weighted by atomic mass is 10.0. The summed E-state index contributed by atoms with van der Waals surface area (Å²) in [5.74, 6) is 0.895. The first kappa shape index (κ1) is 17.7. The Morgan fingerprint density at radius 1 is 1.28 bits per heavy atom. The Kier molecular flexibility index (Phi) is 6.28. The molecule has 2 aromatic rings. The van der Waals surface area contributed by atoms with Crippen molar-refractivity contribution in [1.29, 1.82) is 0 Å². The van der Waals surface area contributed by atoms with Gasteiger partial charge in [-0.2, -0.15) is 0 Å². The normalized spacial score (nSPS) is 16.1. The number of nitrogens with zero attached hydrogens (tertiary/aromatic N) is 3. The molecule has 0 radical (unpaired) electrons. The maximum atomic E-state index is 4.40. The fourth-order valence-corrected chi connectivity index (χ4v) is 3.90. The SMILES string of the molecule is CN=C(NCCc1ncc(C)s1)NC1CCN(c2ccccc2)CC1. The van der Waals surface area contributed by atoms with E-state index in [4.69, 9.17) is 0 Å². The molecule has 3 rings (SSSR count). The third-order valence-electron chi connectivity index (χ3n) is 4.48. The number of aliphatic imine (C=N–C) groups is 1. The number of benzene rings is 1. The fourth-order valence-electron chi connectivity index (χ4n) is 3.11. The van der Waals surface area contributed by atoms with Crippen LogP contribution in [0.4, 0.5) is 5.69 Å². The highest BCUT2D eigenvalue weighted by Gasteiger charge is 2.20. The van der Waals surface area contributed by atoms with E-state index >= 15 is 0 Å². The van der Waals surface area contributed by atoms with E-state index in [0.29, 0.717) is 6.04 Å². The molecule has 1 saturated heterocycles. The molecule has 5 nitrogen and oxygen atoms in total. The van der Waals surface area contributed by atoms with Gasteiger partial charge in [-0.15, -0.1) is 11.3 Å². The first-order valence-corrected chi connectivity index (χ1v) is 9.75. The van der Waals surface area contributed by atoms with Crippen LogP contribution in [0.5, 0.6) is 0 Å². The van der Waals surface area contributed by atoms with Gasteiger partial charge in [0.05, 0.1) is 5.01 Å². The number of piperidine rings is 1. The van der Waals surface area contributed by atoms with Crippen LogP contribution in [0.1, 0.15) is 22.7 Å². The fraction of sp³-hybridized carbons (Fsp3) is 0.474. The quantitative estimate of drug-likeness (QED) is 0.638. The second-order valence-corrected chi connectivity index (χ2v) is 7.67. The average Bonchev–Trinajstić information content (AvgIpc) is 3.07. The van der Waals surface area contributed by atoms with Crippen LogP contribution in [0.15, 0.2) is 41.5 Å². The Hall–Kier alpha value is -2.08. The van der Waals surface area contributed by atoms with Crippen molar-refractivity contribution in [3.05, 3.63) is 46.4 Å². The molecular weight excluding hydrogens is 330 g/mol. The van der Waals surface area contributed by atoms with Crippen molar-refractivity contribution in [3.8, 4) is 0 Å². The van der Waals surface area contributed by atoms with Gasteiger partial charge >= 0.3 is 0 Å². The molecule has 0 amide bonds. The Morgan fingerprint density at radius 3 is 2.68 bits per heavy atom. The third kappa shape index (κ3) is 5.19. The second-order valence-electron chi connectivity index (χ2n) is 6.35. The van der Waals surface area contributed by atoms with Crippen molar-refractivity contribution in [2.45, 2.75) is 32.2 Å². The minimum Gasteiger partial charge on any atom is -0.371 e. The van der Waals surface area contributed by atoms with E-state index in [-0.39, 0.29) is 0 Å². The molecule has 2 heterocycles. The van der Waals surface area contributed by atoms with Crippen molar-refractivity contribution in [2.24, 2.45) is 4.99 Å². The van der Waals surface area contributed by atoms with Crippen LogP contribution < -0.4 is 15.5 Å². The van der Waals surface area contributed by atoms with Gasteiger partial charge in [0.1, 0.15) is 0 Å². The van der Waals surface area contributed by atoms with Gasteiger partial charge < -0.3 is 15.5 Å². The van der Waals surface area contributed by atoms with Crippen molar-refractivity contribution in [1.82, 2.24) is 15.6 Å². The number of hydrogen-bond donors (Lipinski definition) is 2. The van der Waals surface area contributed by atoms with Crippen molar-refractivity contribution in [3.63, 3.8) is 0 Å². The highest BCUT2D eigenvalue weighted by Crippen LogP contribution is 2.19. The van der Waals surface area contributed by atoms with Gasteiger partial charge in [-0.3, -0.25) is 4.99 Å². The summed E-state index contributed by atoms with van der Waals surface area (Å²) in [5, 5.41) is 8.15. The van der Waals surface area contributed by atoms with Crippen LogP contribution in [0, 0.1) is 6.92 Å². The van der Waals surface area contributed by atoms with Crippen LogP contribution in [0.2, 0.25) is 0 Å². The molecule has 6 heteroatoms. The lowest BCUT2D eigenvalue weighted by Crippen LogP contribution is -2.49. The number of anilines is 1. The zero-order valence-corrected chi connectivity index (χ0v) is 15.9. The average molecular weight is 358 g/mol. The number of thiazole rings is 1. The number of aromatic nitrogens is 1. The minimum atomic E-state index is 0.480. The predicted molar refractivity (Wildman–Crippen MR) is 107 cm³/mol. The molecular formula is C19H27N5S. The van der Waals surface area contributed by atoms with Crippen molar-refractivity contribution in [2.75, 3.05) is 31.6 Å². The lowest BCUT2D eigenvalue weighted by Gasteiger charge is -2.34. The number of aryl methyl sites for hydroxylation is 1. The second kappa shape index (κ2) is 8.85. The molecule has 0 spiro atoms. The monoisotopic (exact) mass is 357 g/mol. The van der Waals surface area contributed by atoms with E-state index < -0.39 is 0 Å². The summed E-state index contributed by atoms with van der Waals surface area (Å²) in [6.07, 6.45) is 5.13. The van der Waals surface area contributed by atoms with Gasteiger partial charge in [0.25, 0.3) is 0 Å². The van der Waals surface area contributed by atoms with E-state index in [1.807, 2.05) is 13.2 Å². The number of para-hydroxylation sites is 1. The third-order valence-corrected chi connectivity index (χ3v) is 5.45. The summed E-state index contributed by atoms with van der Waals surface area (Å²) in [7, 11) is 1.84. The molecule has 1 fully saturated rings. The minimum absolute atomic E-state index is 0.480. The van der Waals surface area contributed by atoms with Crippen molar-refractivity contribution >= 4 is 23.0 Å². The highest BCUT2D eigenvalue weighted by atomic mass is 32.1. The summed E-state index contributed by atoms with van der Waals surface area (Å²) in [5.41, 5.74) is 1.32. The summed E-state index contributed by atoms with van der Waals surface area (Å²) >= 11 is 1.76. The molecule has 1 aromatic heterocycles. The summed E-state index contributed by atoms with van der Waals surface area (Å²) < 4.78 is 0. The molecule has 0 atom stereocenters. The van der Waals surface area contributed by atoms with Crippen LogP contribution in [0.25, 0.3) is 0 Å². The zero-order chi connectivity index (χ0) is 17.5. The highest BCUT2D eigenvalue weighted by molar-refractivity contribution is 7.11. The maximum Gasteiger partial charge on any atom is 0.191 e. The molecule has 25 heavy (non-hydrogen) atoms. The molecule has 0 saturated carbocycles. The van der Waals surface area contributed by atoms with E-state index in [1.165, 1.54) is 15.6 Å². The molecule has 2 N–H and O–H groups in total. The summed E-state index contributed by atoms with van der Waals surface area (Å²) in [4.78, 5) is 12.5. The van der Waals surface area contributed by atoms with Crippen LogP contribution in [-0.4, -0.2) is 43.7 Å². The Balaban J connectivity index is 1.41. The smallest absolute Gasteiger partial charge is 0.191 e. The molecule has 1 aliphatic rings. The molecule has 0 bridgehead atoms. The first-order valence-electron chi connectivity index (χ1n) is 8.93. The topological polar surface area (TPSA) is 52.6 Å². The zero-order valence-electron chi connectivity index (χ0n) is 15.0. The molecule has 134 valence electrons. The van der Waals surface area contributed by atoms with Crippen LogP contribution in [-0.2, 0) is 6.42 Å². The lowest BCUT2D eigenvalue weighted by molar-refractivity contribution is 0.461. The van der Waals surface area contributed by atoms with E-state index in [2.05, 4.69) is 62.8 Å².